The highest BCUT2D eigenvalue weighted by atomic mass is 15.1. The molecule has 0 aliphatic rings. The summed E-state index contributed by atoms with van der Waals surface area (Å²) in [5, 5.41) is 3.18. The van der Waals surface area contributed by atoms with Crippen LogP contribution >= 0.6 is 0 Å². The lowest BCUT2D eigenvalue weighted by atomic mass is 10.3. The van der Waals surface area contributed by atoms with Gasteiger partial charge in [-0.25, -0.2) is 4.98 Å². The van der Waals surface area contributed by atoms with Crippen molar-refractivity contribution in [1.82, 2.24) is 9.97 Å². The number of nitrogens with zero attached hydrogens (tertiary/aromatic N) is 2. The largest absolute Gasteiger partial charge is 0.382 e. The first-order valence-electron chi connectivity index (χ1n) is 4.06. The molecule has 0 amide bonds. The zero-order chi connectivity index (χ0) is 8.97. The molecular formula is C8H14N4. The Kier molecular flexibility index (Phi) is 2.85. The third-order valence-corrected chi connectivity index (χ3v) is 1.66. The van der Waals surface area contributed by atoms with Crippen molar-refractivity contribution in [2.75, 3.05) is 11.1 Å². The Morgan fingerprint density at radius 2 is 2.33 bits per heavy atom. The Morgan fingerprint density at radius 1 is 1.58 bits per heavy atom. The van der Waals surface area contributed by atoms with Gasteiger partial charge in [0.15, 0.2) is 0 Å². The summed E-state index contributed by atoms with van der Waals surface area (Å²) in [5.41, 5.74) is 5.46. The van der Waals surface area contributed by atoms with E-state index in [1.807, 2.05) is 0 Å². The van der Waals surface area contributed by atoms with E-state index in [1.165, 1.54) is 6.20 Å². The molecule has 0 spiro atoms. The molecule has 1 aromatic heterocycles. The first-order chi connectivity index (χ1) is 5.72. The van der Waals surface area contributed by atoms with E-state index in [1.54, 1.807) is 6.20 Å². The third kappa shape index (κ3) is 2.38. The van der Waals surface area contributed by atoms with Crippen LogP contribution in [0.2, 0.25) is 0 Å². The van der Waals surface area contributed by atoms with Crippen molar-refractivity contribution in [1.29, 1.82) is 0 Å². The highest BCUT2D eigenvalue weighted by molar-refractivity contribution is 5.38. The van der Waals surface area contributed by atoms with Crippen LogP contribution in [0.25, 0.3) is 0 Å². The highest BCUT2D eigenvalue weighted by Crippen LogP contribution is 2.05. The standard InChI is InChI=1S/C8H14N4/c1-3-6(2)11-8-5-10-4-7(9)12-8/h4-6H,3H2,1-2H3,(H3,9,11,12). The van der Waals surface area contributed by atoms with Gasteiger partial charge < -0.3 is 11.1 Å². The van der Waals surface area contributed by atoms with Crippen LogP contribution in [0.4, 0.5) is 11.6 Å². The van der Waals surface area contributed by atoms with Crippen molar-refractivity contribution in [3.63, 3.8) is 0 Å². The van der Waals surface area contributed by atoms with Gasteiger partial charge in [-0.15, -0.1) is 0 Å². The van der Waals surface area contributed by atoms with Gasteiger partial charge in [0.2, 0.25) is 0 Å². The maximum Gasteiger partial charge on any atom is 0.147 e. The third-order valence-electron chi connectivity index (χ3n) is 1.66. The maximum absolute atomic E-state index is 5.46. The molecular weight excluding hydrogens is 152 g/mol. The summed E-state index contributed by atoms with van der Waals surface area (Å²) in [7, 11) is 0. The Bertz CT molecular complexity index is 249. The van der Waals surface area contributed by atoms with Crippen LogP contribution < -0.4 is 11.1 Å². The molecule has 0 aliphatic heterocycles. The molecule has 0 saturated heterocycles. The number of nitrogen functional groups attached to an aromatic ring is 1. The lowest BCUT2D eigenvalue weighted by Gasteiger charge is -2.11. The second-order valence-electron chi connectivity index (χ2n) is 2.78. The van der Waals surface area contributed by atoms with Gasteiger partial charge in [0, 0.05) is 6.04 Å². The van der Waals surface area contributed by atoms with E-state index < -0.39 is 0 Å². The Hall–Kier alpha value is -1.32. The molecule has 4 nitrogen and oxygen atoms in total. The lowest BCUT2D eigenvalue weighted by molar-refractivity contribution is 0.758. The Balaban J connectivity index is 2.63. The second kappa shape index (κ2) is 3.90. The molecule has 0 aromatic carbocycles. The summed E-state index contributed by atoms with van der Waals surface area (Å²) in [4.78, 5) is 7.99. The van der Waals surface area contributed by atoms with E-state index >= 15 is 0 Å². The summed E-state index contributed by atoms with van der Waals surface area (Å²) < 4.78 is 0. The first-order valence-corrected chi connectivity index (χ1v) is 4.06. The number of rotatable bonds is 3. The van der Waals surface area contributed by atoms with Crippen LogP contribution in [-0.4, -0.2) is 16.0 Å². The van der Waals surface area contributed by atoms with Gasteiger partial charge in [-0.05, 0) is 13.3 Å². The van der Waals surface area contributed by atoms with Gasteiger partial charge >= 0.3 is 0 Å². The number of hydrogen-bond acceptors (Lipinski definition) is 4. The molecule has 4 heteroatoms. The van der Waals surface area contributed by atoms with Crippen LogP contribution in [0, 0.1) is 0 Å². The average molecular weight is 166 g/mol. The van der Waals surface area contributed by atoms with Crippen molar-refractivity contribution >= 4 is 11.6 Å². The molecule has 1 rings (SSSR count). The van der Waals surface area contributed by atoms with Gasteiger partial charge in [-0.2, -0.15) is 0 Å². The van der Waals surface area contributed by atoms with Crippen molar-refractivity contribution < 1.29 is 0 Å². The molecule has 3 N–H and O–H groups in total. The fraction of sp³-hybridized carbons (Fsp3) is 0.500. The predicted octanol–water partition coefficient (Wildman–Crippen LogP) is 1.27. The fourth-order valence-corrected chi connectivity index (χ4v) is 0.805. The van der Waals surface area contributed by atoms with Crippen LogP contribution in [0.3, 0.4) is 0 Å². The number of nitrogens with one attached hydrogen (secondary N) is 1. The van der Waals surface area contributed by atoms with Gasteiger partial charge in [0.05, 0.1) is 12.4 Å². The van der Waals surface area contributed by atoms with Gasteiger partial charge in [0.1, 0.15) is 11.6 Å². The normalized spacial score (nSPS) is 12.5. The fourth-order valence-electron chi connectivity index (χ4n) is 0.805. The number of aromatic nitrogens is 2. The molecule has 12 heavy (non-hydrogen) atoms. The van der Waals surface area contributed by atoms with E-state index in [-0.39, 0.29) is 0 Å². The zero-order valence-electron chi connectivity index (χ0n) is 7.41. The summed E-state index contributed by atoms with van der Waals surface area (Å²) >= 11 is 0. The summed E-state index contributed by atoms with van der Waals surface area (Å²) in [6, 6.07) is 0.404. The Morgan fingerprint density at radius 3 is 2.92 bits per heavy atom. The molecule has 1 aromatic rings. The summed E-state index contributed by atoms with van der Waals surface area (Å²) in [6.45, 7) is 4.20. The summed E-state index contributed by atoms with van der Waals surface area (Å²) in [6.07, 6.45) is 4.25. The van der Waals surface area contributed by atoms with Gasteiger partial charge in [0.25, 0.3) is 0 Å². The minimum Gasteiger partial charge on any atom is -0.382 e. The quantitative estimate of drug-likeness (QED) is 0.709. The Labute approximate surface area is 72.2 Å². The molecule has 1 unspecified atom stereocenters. The smallest absolute Gasteiger partial charge is 0.147 e. The molecule has 0 bridgehead atoms. The van der Waals surface area contributed by atoms with E-state index in [0.29, 0.717) is 11.9 Å². The molecule has 1 atom stereocenters. The highest BCUT2D eigenvalue weighted by Gasteiger charge is 1.99. The molecule has 0 radical (unpaired) electrons. The SMILES string of the molecule is CCC(C)Nc1cncc(N)n1. The summed E-state index contributed by atoms with van der Waals surface area (Å²) in [5.74, 6) is 1.19. The van der Waals surface area contributed by atoms with Crippen LogP contribution in [0.15, 0.2) is 12.4 Å². The van der Waals surface area contributed by atoms with Crippen molar-refractivity contribution in [3.05, 3.63) is 12.4 Å². The predicted molar refractivity (Wildman–Crippen MR) is 49.8 cm³/mol. The molecule has 0 aliphatic carbocycles. The van der Waals surface area contributed by atoms with Crippen molar-refractivity contribution in [2.24, 2.45) is 0 Å². The monoisotopic (exact) mass is 166 g/mol. The van der Waals surface area contributed by atoms with Crippen LogP contribution in [0.5, 0.6) is 0 Å². The number of hydrogen-bond donors (Lipinski definition) is 2. The van der Waals surface area contributed by atoms with Gasteiger partial charge in [-0.1, -0.05) is 6.92 Å². The van der Waals surface area contributed by atoms with Crippen molar-refractivity contribution in [3.8, 4) is 0 Å². The van der Waals surface area contributed by atoms with E-state index in [0.717, 1.165) is 12.2 Å². The van der Waals surface area contributed by atoms with Crippen molar-refractivity contribution in [2.45, 2.75) is 26.3 Å². The molecule has 0 saturated carbocycles. The maximum atomic E-state index is 5.46. The lowest BCUT2D eigenvalue weighted by Crippen LogP contribution is -2.14. The van der Waals surface area contributed by atoms with E-state index in [2.05, 4.69) is 29.1 Å². The second-order valence-corrected chi connectivity index (χ2v) is 2.78. The average Bonchev–Trinajstić information content (AvgIpc) is 2.04. The van der Waals surface area contributed by atoms with Crippen LogP contribution in [0.1, 0.15) is 20.3 Å². The van der Waals surface area contributed by atoms with Gasteiger partial charge in [-0.3, -0.25) is 4.98 Å². The zero-order valence-corrected chi connectivity index (χ0v) is 7.41. The minimum atomic E-state index is 0.404. The molecule has 0 fully saturated rings. The molecule has 1 heterocycles. The van der Waals surface area contributed by atoms with E-state index in [9.17, 15) is 0 Å². The van der Waals surface area contributed by atoms with Crippen LogP contribution in [-0.2, 0) is 0 Å². The minimum absolute atomic E-state index is 0.404. The first kappa shape index (κ1) is 8.77. The number of nitrogens with two attached hydrogens (primary N) is 1. The molecule has 66 valence electrons. The number of anilines is 2. The topological polar surface area (TPSA) is 63.8 Å². The van der Waals surface area contributed by atoms with E-state index in [4.69, 9.17) is 5.73 Å².